The molecule has 0 radical (unpaired) electrons. The summed E-state index contributed by atoms with van der Waals surface area (Å²) in [6, 6.07) is 12.8. The Kier molecular flexibility index (Phi) is 4.55. The second kappa shape index (κ2) is 6.91. The molecule has 0 fully saturated rings. The number of benzene rings is 2. The maximum absolute atomic E-state index is 13.4. The lowest BCUT2D eigenvalue weighted by Gasteiger charge is -2.17. The van der Waals surface area contributed by atoms with Crippen molar-refractivity contribution >= 4 is 5.71 Å². The van der Waals surface area contributed by atoms with E-state index >= 15 is 0 Å². The van der Waals surface area contributed by atoms with Crippen molar-refractivity contribution in [3.05, 3.63) is 82.9 Å². The second-order valence-electron chi connectivity index (χ2n) is 6.72. The van der Waals surface area contributed by atoms with Gasteiger partial charge in [-0.25, -0.2) is 4.98 Å². The van der Waals surface area contributed by atoms with Crippen LogP contribution in [0.15, 0.2) is 59.7 Å². The Bertz CT molecular complexity index is 1040. The van der Waals surface area contributed by atoms with Gasteiger partial charge in [-0.2, -0.15) is 13.2 Å². The van der Waals surface area contributed by atoms with Gasteiger partial charge in [0.05, 0.1) is 28.9 Å². The number of aromatic nitrogens is 2. The number of aliphatic imine (C=N–C) groups is 1. The van der Waals surface area contributed by atoms with Gasteiger partial charge in [0, 0.05) is 17.7 Å². The minimum Gasteiger partial charge on any atom is -0.314 e. The third-order valence-corrected chi connectivity index (χ3v) is 4.78. The monoisotopic (exact) mass is 384 g/mol. The van der Waals surface area contributed by atoms with Gasteiger partial charge in [0.2, 0.25) is 0 Å². The SMILES string of the molecule is CNCc1cnc2n1-c1ccc(C(F)(F)F)cc1C(c1ccccc1)=NC2C. The summed E-state index contributed by atoms with van der Waals surface area (Å²) in [5.74, 6) is 0.706. The fourth-order valence-corrected chi connectivity index (χ4v) is 3.53. The predicted octanol–water partition coefficient (Wildman–Crippen LogP) is 4.52. The van der Waals surface area contributed by atoms with E-state index < -0.39 is 11.7 Å². The van der Waals surface area contributed by atoms with E-state index in [0.717, 1.165) is 17.3 Å². The van der Waals surface area contributed by atoms with E-state index in [9.17, 15) is 13.2 Å². The smallest absolute Gasteiger partial charge is 0.314 e. The Morgan fingerprint density at radius 1 is 1.11 bits per heavy atom. The van der Waals surface area contributed by atoms with Gasteiger partial charge in [-0.15, -0.1) is 0 Å². The van der Waals surface area contributed by atoms with Crippen molar-refractivity contribution in [2.75, 3.05) is 7.05 Å². The van der Waals surface area contributed by atoms with Crippen LogP contribution >= 0.6 is 0 Å². The molecule has 0 saturated carbocycles. The summed E-state index contributed by atoms with van der Waals surface area (Å²) in [6.45, 7) is 2.45. The fourth-order valence-electron chi connectivity index (χ4n) is 3.53. The number of fused-ring (bicyclic) bond motifs is 3. The van der Waals surface area contributed by atoms with Crippen LogP contribution in [-0.2, 0) is 12.7 Å². The molecular formula is C21H19F3N4. The van der Waals surface area contributed by atoms with Crippen LogP contribution in [0, 0.1) is 0 Å². The van der Waals surface area contributed by atoms with Gasteiger partial charge in [-0.3, -0.25) is 9.56 Å². The molecule has 0 bridgehead atoms. The molecule has 0 spiro atoms. The molecule has 1 aliphatic rings. The van der Waals surface area contributed by atoms with Crippen molar-refractivity contribution in [3.8, 4) is 5.69 Å². The first-order chi connectivity index (χ1) is 13.4. The zero-order chi connectivity index (χ0) is 19.9. The van der Waals surface area contributed by atoms with Crippen LogP contribution in [0.3, 0.4) is 0 Å². The van der Waals surface area contributed by atoms with Gasteiger partial charge in [-0.1, -0.05) is 30.3 Å². The third-order valence-electron chi connectivity index (χ3n) is 4.78. The largest absolute Gasteiger partial charge is 0.416 e. The van der Waals surface area contributed by atoms with Gasteiger partial charge in [-0.05, 0) is 32.2 Å². The first-order valence-corrected chi connectivity index (χ1v) is 8.96. The van der Waals surface area contributed by atoms with Gasteiger partial charge >= 0.3 is 6.18 Å². The van der Waals surface area contributed by atoms with Crippen molar-refractivity contribution in [3.63, 3.8) is 0 Å². The van der Waals surface area contributed by atoms with E-state index in [-0.39, 0.29) is 6.04 Å². The standard InChI is InChI=1S/C21H19F3N4/c1-13-20-26-12-16(11-25-2)28(20)18-9-8-15(21(22,23)24)10-17(18)19(27-13)14-6-4-3-5-7-14/h3-10,12-13,25H,11H2,1-2H3. The highest BCUT2D eigenvalue weighted by Gasteiger charge is 2.33. The molecule has 1 atom stereocenters. The molecule has 3 aromatic rings. The lowest BCUT2D eigenvalue weighted by atomic mass is 9.98. The Labute approximate surface area is 160 Å². The number of imidazole rings is 1. The molecule has 144 valence electrons. The quantitative estimate of drug-likeness (QED) is 0.721. The van der Waals surface area contributed by atoms with E-state index in [2.05, 4.69) is 10.3 Å². The number of hydrogen-bond donors (Lipinski definition) is 1. The van der Waals surface area contributed by atoms with Crippen molar-refractivity contribution in [2.45, 2.75) is 25.7 Å². The minimum atomic E-state index is -4.43. The maximum Gasteiger partial charge on any atom is 0.416 e. The van der Waals surface area contributed by atoms with E-state index in [1.807, 2.05) is 48.9 Å². The number of rotatable bonds is 3. The van der Waals surface area contributed by atoms with Crippen LogP contribution < -0.4 is 5.32 Å². The molecule has 28 heavy (non-hydrogen) atoms. The van der Waals surface area contributed by atoms with Crippen LogP contribution in [0.25, 0.3) is 5.69 Å². The molecule has 2 aromatic carbocycles. The van der Waals surface area contributed by atoms with E-state index in [0.29, 0.717) is 29.3 Å². The van der Waals surface area contributed by atoms with Crippen LogP contribution in [0.4, 0.5) is 13.2 Å². The topological polar surface area (TPSA) is 42.2 Å². The van der Waals surface area contributed by atoms with Crippen LogP contribution in [-0.4, -0.2) is 22.3 Å². The zero-order valence-electron chi connectivity index (χ0n) is 15.5. The molecule has 1 aromatic heterocycles. The summed E-state index contributed by atoms with van der Waals surface area (Å²) in [6.07, 6.45) is -2.69. The molecule has 7 heteroatoms. The van der Waals surface area contributed by atoms with Crippen molar-refractivity contribution in [1.29, 1.82) is 0 Å². The Hall–Kier alpha value is -2.93. The minimum absolute atomic E-state index is 0.303. The van der Waals surface area contributed by atoms with E-state index in [4.69, 9.17) is 4.99 Å². The van der Waals surface area contributed by atoms with E-state index in [1.54, 1.807) is 6.20 Å². The average molecular weight is 384 g/mol. The van der Waals surface area contributed by atoms with Gasteiger partial charge in [0.15, 0.2) is 0 Å². The second-order valence-corrected chi connectivity index (χ2v) is 6.72. The number of hydrogen-bond acceptors (Lipinski definition) is 3. The predicted molar refractivity (Wildman–Crippen MR) is 102 cm³/mol. The maximum atomic E-state index is 13.4. The summed E-state index contributed by atoms with van der Waals surface area (Å²) in [5, 5.41) is 3.09. The van der Waals surface area contributed by atoms with Crippen LogP contribution in [0.1, 0.15) is 41.2 Å². The average Bonchev–Trinajstić information content (AvgIpc) is 3.04. The summed E-state index contributed by atoms with van der Waals surface area (Å²) >= 11 is 0. The summed E-state index contributed by atoms with van der Waals surface area (Å²) in [4.78, 5) is 9.28. The Morgan fingerprint density at radius 2 is 1.86 bits per heavy atom. The van der Waals surface area contributed by atoms with Crippen LogP contribution in [0.5, 0.6) is 0 Å². The molecule has 4 nitrogen and oxygen atoms in total. The van der Waals surface area contributed by atoms with Crippen LogP contribution in [0.2, 0.25) is 0 Å². The van der Waals surface area contributed by atoms with Crippen molar-refractivity contribution < 1.29 is 13.2 Å². The summed E-state index contributed by atoms with van der Waals surface area (Å²) in [5.41, 5.74) is 2.58. The Morgan fingerprint density at radius 3 is 2.54 bits per heavy atom. The molecule has 1 aliphatic heterocycles. The number of nitrogens with one attached hydrogen (secondary N) is 1. The molecule has 0 amide bonds. The van der Waals surface area contributed by atoms with Gasteiger partial charge < -0.3 is 5.32 Å². The molecular weight excluding hydrogens is 365 g/mol. The highest BCUT2D eigenvalue weighted by molar-refractivity contribution is 6.15. The highest BCUT2D eigenvalue weighted by Crippen LogP contribution is 2.36. The lowest BCUT2D eigenvalue weighted by molar-refractivity contribution is -0.137. The molecule has 2 heterocycles. The van der Waals surface area contributed by atoms with Crippen molar-refractivity contribution in [1.82, 2.24) is 14.9 Å². The number of nitrogens with zero attached hydrogens (tertiary/aromatic N) is 3. The molecule has 1 unspecified atom stereocenters. The fraction of sp³-hybridized carbons (Fsp3) is 0.238. The first kappa shape index (κ1) is 18.4. The first-order valence-electron chi connectivity index (χ1n) is 8.96. The molecule has 0 aliphatic carbocycles. The lowest BCUT2D eigenvalue weighted by Crippen LogP contribution is -2.15. The molecule has 4 rings (SSSR count). The zero-order valence-corrected chi connectivity index (χ0v) is 15.5. The highest BCUT2D eigenvalue weighted by atomic mass is 19.4. The molecule has 1 N–H and O–H groups in total. The third kappa shape index (κ3) is 3.11. The summed E-state index contributed by atoms with van der Waals surface area (Å²) < 4.78 is 42.2. The number of halogens is 3. The summed E-state index contributed by atoms with van der Waals surface area (Å²) in [7, 11) is 1.82. The van der Waals surface area contributed by atoms with Crippen molar-refractivity contribution in [2.24, 2.45) is 4.99 Å². The van der Waals surface area contributed by atoms with Gasteiger partial charge in [0.25, 0.3) is 0 Å². The normalized spacial score (nSPS) is 16.2. The number of alkyl halides is 3. The Balaban J connectivity index is 2.02. The molecule has 0 saturated heterocycles. The van der Waals surface area contributed by atoms with Gasteiger partial charge in [0.1, 0.15) is 11.9 Å². The van der Waals surface area contributed by atoms with E-state index in [1.165, 1.54) is 12.1 Å².